The molecule has 1 fully saturated rings. The van der Waals surface area contributed by atoms with Gasteiger partial charge in [0, 0.05) is 32.5 Å². The Labute approximate surface area is 281 Å². The topological polar surface area (TPSA) is 220 Å². The summed E-state index contributed by atoms with van der Waals surface area (Å²) in [6.45, 7) is 8.84. The van der Waals surface area contributed by atoms with E-state index in [1.807, 2.05) is 18.2 Å². The molecule has 17 nitrogen and oxygen atoms in total. The highest BCUT2D eigenvalue weighted by atomic mass is 16.6. The third-order valence-electron chi connectivity index (χ3n) is 6.84. The Balaban J connectivity index is 2.00. The summed E-state index contributed by atoms with van der Waals surface area (Å²) in [6, 6.07) is 6.36. The Morgan fingerprint density at radius 1 is 0.918 bits per heavy atom. The van der Waals surface area contributed by atoms with E-state index >= 15 is 0 Å². The first kappa shape index (κ1) is 38.4. The van der Waals surface area contributed by atoms with Crippen LogP contribution in [0.4, 0.5) is 4.79 Å². The first-order valence-corrected chi connectivity index (χ1v) is 15.3. The van der Waals surface area contributed by atoms with Crippen molar-refractivity contribution in [2.24, 2.45) is 0 Å². The quantitative estimate of drug-likeness (QED) is 0.196. The van der Waals surface area contributed by atoms with Crippen LogP contribution in [0.3, 0.4) is 0 Å². The lowest BCUT2D eigenvalue weighted by atomic mass is 10.0. The normalized spacial score (nSPS) is 20.0. The minimum Gasteiger partial charge on any atom is -0.464 e. The van der Waals surface area contributed by atoms with Crippen molar-refractivity contribution < 1.29 is 52.4 Å². The first-order valence-electron chi connectivity index (χ1n) is 15.3. The number of nitrogens with one attached hydrogen (secondary N) is 3. The Hall–Kier alpha value is -5.03. The van der Waals surface area contributed by atoms with Crippen molar-refractivity contribution in [3.05, 3.63) is 68.5 Å². The van der Waals surface area contributed by atoms with Crippen LogP contribution in [0.15, 0.2) is 46.1 Å². The fourth-order valence-electron chi connectivity index (χ4n) is 4.84. The van der Waals surface area contributed by atoms with Crippen LogP contribution in [-0.4, -0.2) is 88.7 Å². The molecule has 1 aliphatic rings. The summed E-state index contributed by atoms with van der Waals surface area (Å²) >= 11 is 0. The molecule has 1 aliphatic heterocycles. The smallest absolute Gasteiger partial charge is 0.408 e. The zero-order valence-electron chi connectivity index (χ0n) is 28.3. The highest BCUT2D eigenvalue weighted by Crippen LogP contribution is 2.35. The highest BCUT2D eigenvalue weighted by Gasteiger charge is 2.54. The van der Waals surface area contributed by atoms with E-state index in [4.69, 9.17) is 28.4 Å². The number of aromatic nitrogens is 2. The number of esters is 3. The largest absolute Gasteiger partial charge is 0.464 e. The average Bonchev–Trinajstić information content (AvgIpc) is 3.31. The van der Waals surface area contributed by atoms with Gasteiger partial charge in [0.15, 0.2) is 18.4 Å². The maximum atomic E-state index is 13.8. The van der Waals surface area contributed by atoms with E-state index < -0.39 is 90.0 Å². The average molecular weight is 691 g/mol. The molecule has 0 bridgehead atoms. The van der Waals surface area contributed by atoms with Gasteiger partial charge in [-0.05, 0) is 33.3 Å². The van der Waals surface area contributed by atoms with Crippen LogP contribution in [0.2, 0.25) is 0 Å². The van der Waals surface area contributed by atoms with Gasteiger partial charge >= 0.3 is 29.7 Å². The summed E-state index contributed by atoms with van der Waals surface area (Å²) in [7, 11) is 0. The lowest BCUT2D eigenvalue weighted by Gasteiger charge is -2.30. The van der Waals surface area contributed by atoms with Gasteiger partial charge in [0.2, 0.25) is 5.91 Å². The van der Waals surface area contributed by atoms with Crippen LogP contribution in [0, 0.1) is 6.92 Å². The zero-order valence-corrected chi connectivity index (χ0v) is 28.3. The molecule has 3 N–H and O–H groups in total. The Kier molecular flexibility index (Phi) is 13.2. The molecule has 0 radical (unpaired) electrons. The predicted octanol–water partition coefficient (Wildman–Crippen LogP) is 0.764. The van der Waals surface area contributed by atoms with Crippen molar-refractivity contribution in [2.45, 2.75) is 97.3 Å². The number of nitrogens with zero attached hydrogens (tertiary/aromatic N) is 1. The molecule has 0 aliphatic carbocycles. The number of rotatable bonds is 13. The lowest BCUT2D eigenvalue weighted by molar-refractivity contribution is -0.166. The number of carbonyl (C=O) groups excluding carboxylic acids is 5. The molecule has 1 aromatic carbocycles. The number of aryl methyl sites for hydroxylation is 1. The van der Waals surface area contributed by atoms with Crippen LogP contribution in [0.5, 0.6) is 0 Å². The molecule has 1 aromatic heterocycles. The van der Waals surface area contributed by atoms with Gasteiger partial charge in [-0.15, -0.1) is 0 Å². The summed E-state index contributed by atoms with van der Waals surface area (Å²) in [5.41, 5.74) is -1.60. The molecule has 268 valence electrons. The Bertz CT molecular complexity index is 1620. The number of alkyl carbamates (subject to hydrolysis) is 1. The molecule has 17 heteroatoms. The molecule has 2 aromatic rings. The van der Waals surface area contributed by atoms with Crippen molar-refractivity contribution in [1.82, 2.24) is 20.2 Å². The molecule has 2 heterocycles. The molecule has 0 spiro atoms. The molecule has 2 amide bonds. The molecule has 6 atom stereocenters. The summed E-state index contributed by atoms with van der Waals surface area (Å²) < 4.78 is 34.3. The molecule has 3 rings (SSSR count). The maximum Gasteiger partial charge on any atom is 0.408 e. The van der Waals surface area contributed by atoms with E-state index in [-0.39, 0.29) is 18.8 Å². The number of benzene rings is 1. The number of carbonyl (C=O) groups is 5. The minimum atomic E-state index is -1.48. The van der Waals surface area contributed by atoms with Gasteiger partial charge in [-0.2, -0.15) is 0 Å². The predicted molar refractivity (Wildman–Crippen MR) is 169 cm³/mol. The van der Waals surface area contributed by atoms with Gasteiger partial charge in [-0.1, -0.05) is 30.3 Å². The van der Waals surface area contributed by atoms with E-state index in [2.05, 4.69) is 15.6 Å². The minimum absolute atomic E-state index is 0.0941. The van der Waals surface area contributed by atoms with E-state index in [1.54, 1.807) is 32.9 Å². The summed E-state index contributed by atoms with van der Waals surface area (Å²) in [6.07, 6.45) is -5.62. The van der Waals surface area contributed by atoms with Crippen molar-refractivity contribution in [2.75, 3.05) is 13.2 Å². The van der Waals surface area contributed by atoms with Crippen LogP contribution in [0.25, 0.3) is 0 Å². The van der Waals surface area contributed by atoms with E-state index in [1.165, 1.54) is 13.1 Å². The second-order valence-corrected chi connectivity index (χ2v) is 12.2. The van der Waals surface area contributed by atoms with Crippen LogP contribution >= 0.6 is 0 Å². The van der Waals surface area contributed by atoms with Crippen molar-refractivity contribution in [3.8, 4) is 0 Å². The second-order valence-electron chi connectivity index (χ2n) is 12.2. The number of ether oxygens (including phenoxy) is 6. The standard InChI is InChI=1S/C32H42N4O13/c1-17-13-36(30(42)35-27(17)40)29-26(47-20(4)39)25(46-19(3)38)24(48-29)22(16-45-18(2)37)33-28(41)23(34-31(43)49-32(5,6)7)15-44-14-21-11-9-8-10-12-21/h8-13,22-26,29H,14-16H2,1-7H3,(H,33,41)(H,34,43)(H,35,40,42)/t22-,23-,24-,25-,26-,29-/m1/s1. The van der Waals surface area contributed by atoms with Gasteiger partial charge in [-0.3, -0.25) is 33.5 Å². The number of hydrogen-bond acceptors (Lipinski definition) is 13. The first-order chi connectivity index (χ1) is 22.9. The van der Waals surface area contributed by atoms with Gasteiger partial charge in [0.05, 0.1) is 19.3 Å². The van der Waals surface area contributed by atoms with Crippen LogP contribution < -0.4 is 21.9 Å². The second kappa shape index (κ2) is 16.9. The van der Waals surface area contributed by atoms with Crippen molar-refractivity contribution in [3.63, 3.8) is 0 Å². The molecule has 0 unspecified atom stereocenters. The lowest BCUT2D eigenvalue weighted by Crippen LogP contribution is -2.58. The molecule has 49 heavy (non-hydrogen) atoms. The Morgan fingerprint density at radius 3 is 2.14 bits per heavy atom. The van der Waals surface area contributed by atoms with E-state index in [0.29, 0.717) is 0 Å². The highest BCUT2D eigenvalue weighted by molar-refractivity contribution is 5.86. The monoisotopic (exact) mass is 690 g/mol. The maximum absolute atomic E-state index is 13.8. The SMILES string of the molecule is CC(=O)OC[C@@H](NC(=O)[C@@H](COCc1ccccc1)NC(=O)OC(C)(C)C)[C@H]1O[C@@H](n2cc(C)c(=O)[nH]c2=O)[C@H](OC(C)=O)[C@@H]1OC(C)=O. The number of H-pyrrole nitrogens is 1. The molecule has 1 saturated heterocycles. The van der Waals surface area contributed by atoms with Crippen LogP contribution in [0.1, 0.15) is 58.9 Å². The number of amides is 2. The zero-order chi connectivity index (χ0) is 36.5. The fraction of sp³-hybridized carbons (Fsp3) is 0.531. The van der Waals surface area contributed by atoms with Crippen molar-refractivity contribution >= 4 is 29.9 Å². The molecular weight excluding hydrogens is 648 g/mol. The molecular formula is C32H42N4O13. The van der Waals surface area contributed by atoms with Crippen molar-refractivity contribution in [1.29, 1.82) is 0 Å². The third kappa shape index (κ3) is 11.6. The summed E-state index contributed by atoms with van der Waals surface area (Å²) in [5.74, 6) is -3.25. The fourth-order valence-corrected chi connectivity index (χ4v) is 4.84. The number of hydrogen-bond donors (Lipinski definition) is 3. The van der Waals surface area contributed by atoms with Gasteiger partial charge in [0.25, 0.3) is 5.56 Å². The third-order valence-corrected chi connectivity index (χ3v) is 6.84. The van der Waals surface area contributed by atoms with E-state index in [9.17, 15) is 33.6 Å². The van der Waals surface area contributed by atoms with Crippen LogP contribution in [-0.2, 0) is 54.2 Å². The van der Waals surface area contributed by atoms with Gasteiger partial charge in [0.1, 0.15) is 24.4 Å². The summed E-state index contributed by atoms with van der Waals surface area (Å²) in [4.78, 5) is 90.1. The Morgan fingerprint density at radius 2 is 1.55 bits per heavy atom. The number of aromatic amines is 1. The van der Waals surface area contributed by atoms with Gasteiger partial charge < -0.3 is 39.1 Å². The summed E-state index contributed by atoms with van der Waals surface area (Å²) in [5, 5.41) is 5.12. The molecule has 0 saturated carbocycles. The van der Waals surface area contributed by atoms with Gasteiger partial charge in [-0.25, -0.2) is 9.59 Å². The van der Waals surface area contributed by atoms with E-state index in [0.717, 1.165) is 30.9 Å².